The maximum atomic E-state index is 13.1. The van der Waals surface area contributed by atoms with E-state index in [2.05, 4.69) is 5.10 Å². The summed E-state index contributed by atoms with van der Waals surface area (Å²) < 4.78 is 14.3. The van der Waals surface area contributed by atoms with E-state index in [0.29, 0.717) is 44.6 Å². The Labute approximate surface area is 207 Å². The summed E-state index contributed by atoms with van der Waals surface area (Å²) in [6, 6.07) is 3.27. The Hall–Kier alpha value is -3.40. The standard InChI is InChI=1S/C25H30N4O5S/c1-16-19(17(2)27(3)26-16)5-6-22(30)28-9-7-20-24(25(32)33-4)21(13-23(31)29(20)11-10-28)34-14-18-8-12-35-15-18/h8,12-13,15H,5-7,9-11,14H2,1-4H3. The molecule has 0 fully saturated rings. The highest BCUT2D eigenvalue weighted by Gasteiger charge is 2.27. The molecule has 9 nitrogen and oxygen atoms in total. The highest BCUT2D eigenvalue weighted by molar-refractivity contribution is 7.07. The van der Waals surface area contributed by atoms with Gasteiger partial charge in [-0.3, -0.25) is 14.3 Å². The van der Waals surface area contributed by atoms with Crippen LogP contribution >= 0.6 is 11.3 Å². The summed E-state index contributed by atoms with van der Waals surface area (Å²) in [5.74, 6) is -0.333. The van der Waals surface area contributed by atoms with Crippen molar-refractivity contribution >= 4 is 23.2 Å². The van der Waals surface area contributed by atoms with Crippen molar-refractivity contribution in [3.63, 3.8) is 0 Å². The first kappa shape index (κ1) is 24.7. The van der Waals surface area contributed by atoms with Gasteiger partial charge in [0.25, 0.3) is 5.56 Å². The van der Waals surface area contributed by atoms with Crippen LogP contribution in [0, 0.1) is 13.8 Å². The minimum absolute atomic E-state index is 0.0158. The summed E-state index contributed by atoms with van der Waals surface area (Å²) in [6.45, 7) is 5.30. The number of nitrogens with zero attached hydrogens (tertiary/aromatic N) is 4. The van der Waals surface area contributed by atoms with Crippen molar-refractivity contribution < 1.29 is 19.1 Å². The van der Waals surface area contributed by atoms with Crippen LogP contribution in [0.5, 0.6) is 5.75 Å². The second-order valence-electron chi connectivity index (χ2n) is 8.64. The average Bonchev–Trinajstić information content (AvgIpc) is 3.36. The quantitative estimate of drug-likeness (QED) is 0.465. The first-order valence-corrected chi connectivity index (χ1v) is 12.5. The number of pyridine rings is 1. The minimum atomic E-state index is -0.559. The fourth-order valence-corrected chi connectivity index (χ4v) is 5.19. The van der Waals surface area contributed by atoms with Crippen molar-refractivity contribution in [1.82, 2.24) is 19.2 Å². The molecular formula is C25H30N4O5S. The molecule has 4 rings (SSSR count). The van der Waals surface area contributed by atoms with Crippen molar-refractivity contribution in [3.05, 3.63) is 67.0 Å². The van der Waals surface area contributed by atoms with Crippen LogP contribution in [0.1, 0.15) is 45.0 Å². The summed E-state index contributed by atoms with van der Waals surface area (Å²) in [7, 11) is 3.21. The van der Waals surface area contributed by atoms with E-state index in [4.69, 9.17) is 9.47 Å². The average molecular weight is 499 g/mol. The van der Waals surface area contributed by atoms with Gasteiger partial charge in [-0.1, -0.05) is 0 Å². The predicted octanol–water partition coefficient (Wildman–Crippen LogP) is 2.64. The Bertz CT molecular complexity index is 1290. The molecule has 0 atom stereocenters. The third-order valence-corrected chi connectivity index (χ3v) is 7.29. The number of aryl methyl sites for hydroxylation is 2. The van der Waals surface area contributed by atoms with Crippen molar-refractivity contribution in [2.75, 3.05) is 20.2 Å². The summed E-state index contributed by atoms with van der Waals surface area (Å²) in [5.41, 5.74) is 4.57. The number of ether oxygens (including phenoxy) is 2. The van der Waals surface area contributed by atoms with Gasteiger partial charge in [0.2, 0.25) is 5.91 Å². The van der Waals surface area contributed by atoms with Gasteiger partial charge in [-0.05, 0) is 48.2 Å². The van der Waals surface area contributed by atoms with Crippen molar-refractivity contribution in [2.24, 2.45) is 7.05 Å². The maximum absolute atomic E-state index is 13.1. The Kier molecular flexibility index (Phi) is 7.39. The van der Waals surface area contributed by atoms with E-state index < -0.39 is 5.97 Å². The van der Waals surface area contributed by atoms with Gasteiger partial charge in [0.05, 0.1) is 12.8 Å². The number of aromatic nitrogens is 3. The minimum Gasteiger partial charge on any atom is -0.488 e. The fourth-order valence-electron chi connectivity index (χ4n) is 4.54. The van der Waals surface area contributed by atoms with Crippen LogP contribution in [0.25, 0.3) is 0 Å². The number of thiophene rings is 1. The van der Waals surface area contributed by atoms with Gasteiger partial charge in [-0.25, -0.2) is 4.79 Å². The summed E-state index contributed by atoms with van der Waals surface area (Å²) >= 11 is 1.55. The molecule has 0 spiro atoms. The van der Waals surface area contributed by atoms with E-state index >= 15 is 0 Å². The van der Waals surface area contributed by atoms with E-state index in [1.165, 1.54) is 13.2 Å². The Morgan fingerprint density at radius 3 is 2.66 bits per heavy atom. The zero-order valence-corrected chi connectivity index (χ0v) is 21.3. The smallest absolute Gasteiger partial charge is 0.343 e. The number of methoxy groups -OCH3 is 1. The van der Waals surface area contributed by atoms with Gasteiger partial charge < -0.3 is 18.9 Å². The second kappa shape index (κ2) is 10.5. The molecule has 0 aliphatic carbocycles. The van der Waals surface area contributed by atoms with Gasteiger partial charge in [0, 0.05) is 57.0 Å². The number of hydrogen-bond donors (Lipinski definition) is 0. The third kappa shape index (κ3) is 5.17. The Balaban J connectivity index is 1.53. The number of hydrogen-bond acceptors (Lipinski definition) is 7. The lowest BCUT2D eigenvalue weighted by atomic mass is 10.1. The number of carbonyl (C=O) groups excluding carboxylic acids is 2. The summed E-state index contributed by atoms with van der Waals surface area (Å²) in [4.78, 5) is 40.5. The molecule has 3 aromatic rings. The van der Waals surface area contributed by atoms with Gasteiger partial charge in [0.1, 0.15) is 17.9 Å². The second-order valence-corrected chi connectivity index (χ2v) is 9.42. The van der Waals surface area contributed by atoms with Crippen LogP contribution in [-0.2, 0) is 42.6 Å². The van der Waals surface area contributed by atoms with E-state index in [1.54, 1.807) is 20.8 Å². The monoisotopic (exact) mass is 498 g/mol. The number of amides is 1. The SMILES string of the molecule is COC(=O)c1c(OCc2ccsc2)cc(=O)n2c1CCN(C(=O)CCc1c(C)nn(C)c1C)CC2. The number of fused-ring (bicyclic) bond motifs is 1. The highest BCUT2D eigenvalue weighted by Crippen LogP contribution is 2.25. The molecule has 0 bridgehead atoms. The molecule has 0 aromatic carbocycles. The van der Waals surface area contributed by atoms with Crippen molar-refractivity contribution in [1.29, 1.82) is 0 Å². The van der Waals surface area contributed by atoms with Crippen LogP contribution in [0.2, 0.25) is 0 Å². The maximum Gasteiger partial charge on any atom is 0.343 e. The molecule has 1 amide bonds. The molecule has 3 aromatic heterocycles. The molecule has 0 N–H and O–H groups in total. The summed E-state index contributed by atoms with van der Waals surface area (Å²) in [5, 5.41) is 8.31. The normalized spacial score (nSPS) is 13.3. The number of rotatable bonds is 7. The molecular weight excluding hydrogens is 468 g/mol. The lowest BCUT2D eigenvalue weighted by Gasteiger charge is -2.20. The molecule has 35 heavy (non-hydrogen) atoms. The highest BCUT2D eigenvalue weighted by atomic mass is 32.1. The van der Waals surface area contributed by atoms with Crippen molar-refractivity contribution in [3.8, 4) is 5.75 Å². The van der Waals surface area contributed by atoms with Gasteiger partial charge in [-0.15, -0.1) is 0 Å². The first-order valence-electron chi connectivity index (χ1n) is 11.6. The number of carbonyl (C=O) groups is 2. The zero-order valence-electron chi connectivity index (χ0n) is 20.5. The van der Waals surface area contributed by atoms with E-state index in [9.17, 15) is 14.4 Å². The van der Waals surface area contributed by atoms with E-state index in [-0.39, 0.29) is 29.4 Å². The zero-order chi connectivity index (χ0) is 25.1. The Morgan fingerprint density at radius 1 is 1.20 bits per heavy atom. The van der Waals surface area contributed by atoms with Crippen LogP contribution in [0.4, 0.5) is 0 Å². The van der Waals surface area contributed by atoms with E-state index in [0.717, 1.165) is 22.5 Å². The molecule has 1 aliphatic rings. The Morgan fingerprint density at radius 2 is 2.00 bits per heavy atom. The summed E-state index contributed by atoms with van der Waals surface area (Å²) in [6.07, 6.45) is 1.32. The largest absolute Gasteiger partial charge is 0.488 e. The molecule has 0 saturated carbocycles. The number of esters is 1. The van der Waals surface area contributed by atoms with Gasteiger partial charge in [-0.2, -0.15) is 16.4 Å². The molecule has 186 valence electrons. The lowest BCUT2D eigenvalue weighted by molar-refractivity contribution is -0.131. The lowest BCUT2D eigenvalue weighted by Crippen LogP contribution is -2.34. The third-order valence-electron chi connectivity index (χ3n) is 6.56. The molecule has 0 saturated heterocycles. The van der Waals surface area contributed by atoms with Crippen molar-refractivity contribution in [2.45, 2.75) is 46.3 Å². The van der Waals surface area contributed by atoms with Gasteiger partial charge in [0.15, 0.2) is 0 Å². The predicted molar refractivity (Wildman–Crippen MR) is 132 cm³/mol. The van der Waals surface area contributed by atoms with E-state index in [1.807, 2.05) is 42.4 Å². The van der Waals surface area contributed by atoms with Crippen LogP contribution in [0.15, 0.2) is 27.7 Å². The van der Waals surface area contributed by atoms with Crippen LogP contribution in [0.3, 0.4) is 0 Å². The molecule has 10 heteroatoms. The molecule has 0 unspecified atom stereocenters. The van der Waals surface area contributed by atoms with Crippen LogP contribution < -0.4 is 10.3 Å². The fraction of sp³-hybridized carbons (Fsp3) is 0.440. The molecule has 0 radical (unpaired) electrons. The molecule has 1 aliphatic heterocycles. The topological polar surface area (TPSA) is 95.7 Å². The van der Waals surface area contributed by atoms with Gasteiger partial charge >= 0.3 is 5.97 Å². The van der Waals surface area contributed by atoms with Crippen LogP contribution in [-0.4, -0.2) is 51.3 Å². The first-order chi connectivity index (χ1) is 16.8. The molecule has 4 heterocycles.